The first-order chi connectivity index (χ1) is 13.3. The molecule has 0 fully saturated rings. The number of rotatable bonds is 15. The summed E-state index contributed by atoms with van der Waals surface area (Å²) in [6.07, 6.45) is 14.6. The highest BCUT2D eigenvalue weighted by atomic mass is 16.5. The van der Waals surface area contributed by atoms with Crippen molar-refractivity contribution < 1.29 is 9.53 Å². The summed E-state index contributed by atoms with van der Waals surface area (Å²) in [7, 11) is 0. The normalized spacial score (nSPS) is 11.1. The van der Waals surface area contributed by atoms with Crippen molar-refractivity contribution in [2.45, 2.75) is 90.5 Å². The average molecular weight is 374 g/mol. The Morgan fingerprint density at radius 3 is 2.26 bits per heavy atom. The van der Waals surface area contributed by atoms with Crippen LogP contribution in [0.3, 0.4) is 0 Å². The molecule has 150 valence electrons. The van der Waals surface area contributed by atoms with Crippen molar-refractivity contribution >= 4 is 17.0 Å². The molecule has 0 saturated carbocycles. The second-order valence-electron chi connectivity index (χ2n) is 7.31. The number of aryl methyl sites for hydroxylation is 1. The minimum absolute atomic E-state index is 0.151. The van der Waals surface area contributed by atoms with Crippen LogP contribution in [0.5, 0.6) is 0 Å². The van der Waals surface area contributed by atoms with Gasteiger partial charge < -0.3 is 4.74 Å². The van der Waals surface area contributed by atoms with E-state index in [1.165, 1.54) is 57.8 Å². The maximum Gasteiger partial charge on any atom is 0.307 e. The van der Waals surface area contributed by atoms with Crippen LogP contribution in [0.15, 0.2) is 24.3 Å². The smallest absolute Gasteiger partial charge is 0.307 e. The van der Waals surface area contributed by atoms with Gasteiger partial charge in [-0.05, 0) is 18.6 Å². The Bertz CT molecular complexity index is 654. The molecule has 0 N–H and O–H groups in total. The summed E-state index contributed by atoms with van der Waals surface area (Å²) in [4.78, 5) is 11.9. The molecule has 5 nitrogen and oxygen atoms in total. The van der Waals surface area contributed by atoms with E-state index in [0.29, 0.717) is 19.6 Å². The number of nitrogens with zero attached hydrogens (tertiary/aromatic N) is 3. The maximum atomic E-state index is 11.9. The Morgan fingerprint density at radius 1 is 0.926 bits per heavy atom. The number of unbranched alkanes of at least 4 members (excludes halogenated alkanes) is 10. The van der Waals surface area contributed by atoms with Gasteiger partial charge in [-0.15, -0.1) is 5.10 Å². The molecule has 0 unspecified atom stereocenters. The van der Waals surface area contributed by atoms with Crippen LogP contribution in [0.4, 0.5) is 0 Å². The van der Waals surface area contributed by atoms with Gasteiger partial charge in [-0.25, -0.2) is 4.68 Å². The number of carbonyl (C=O) groups is 1. The maximum absolute atomic E-state index is 11.9. The zero-order valence-corrected chi connectivity index (χ0v) is 16.9. The predicted molar refractivity (Wildman–Crippen MR) is 110 cm³/mol. The van der Waals surface area contributed by atoms with E-state index in [1.54, 1.807) is 4.68 Å². The van der Waals surface area contributed by atoms with Gasteiger partial charge in [0.15, 0.2) is 0 Å². The minimum Gasteiger partial charge on any atom is -0.466 e. The van der Waals surface area contributed by atoms with Crippen LogP contribution >= 0.6 is 0 Å². The van der Waals surface area contributed by atoms with E-state index >= 15 is 0 Å². The number of para-hydroxylation sites is 1. The van der Waals surface area contributed by atoms with E-state index < -0.39 is 0 Å². The van der Waals surface area contributed by atoms with Crippen LogP contribution in [-0.4, -0.2) is 27.6 Å². The number of ether oxygens (including phenoxy) is 1. The van der Waals surface area contributed by atoms with Crippen LogP contribution in [0.2, 0.25) is 0 Å². The molecule has 0 atom stereocenters. The standard InChI is InChI=1S/C22H35N3O2/c1-2-3-4-5-6-7-8-9-10-11-14-19-27-22(26)17-18-25-21-16-13-12-15-20(21)23-24-25/h12-13,15-16H,2-11,14,17-19H2,1H3. The third-order valence-corrected chi connectivity index (χ3v) is 4.96. The largest absolute Gasteiger partial charge is 0.466 e. The van der Waals surface area contributed by atoms with Crippen molar-refractivity contribution in [2.75, 3.05) is 6.61 Å². The van der Waals surface area contributed by atoms with Crippen molar-refractivity contribution in [3.05, 3.63) is 24.3 Å². The highest BCUT2D eigenvalue weighted by Gasteiger charge is 2.07. The quantitative estimate of drug-likeness (QED) is 0.298. The number of esters is 1. The van der Waals surface area contributed by atoms with Gasteiger partial charge in [-0.1, -0.05) is 88.5 Å². The molecule has 0 radical (unpaired) electrons. The van der Waals surface area contributed by atoms with Crippen LogP contribution < -0.4 is 0 Å². The highest BCUT2D eigenvalue weighted by Crippen LogP contribution is 2.12. The lowest BCUT2D eigenvalue weighted by atomic mass is 10.1. The molecule has 0 aliphatic rings. The lowest BCUT2D eigenvalue weighted by Crippen LogP contribution is -2.11. The average Bonchev–Trinajstić information content (AvgIpc) is 3.10. The van der Waals surface area contributed by atoms with E-state index in [9.17, 15) is 4.79 Å². The van der Waals surface area contributed by atoms with Crippen molar-refractivity contribution in [3.8, 4) is 0 Å². The lowest BCUT2D eigenvalue weighted by molar-refractivity contribution is -0.144. The van der Waals surface area contributed by atoms with E-state index in [-0.39, 0.29) is 5.97 Å². The highest BCUT2D eigenvalue weighted by molar-refractivity contribution is 5.74. The van der Waals surface area contributed by atoms with Crippen molar-refractivity contribution in [1.82, 2.24) is 15.0 Å². The molecule has 0 aliphatic carbocycles. The molecule has 5 heteroatoms. The molecule has 0 bridgehead atoms. The van der Waals surface area contributed by atoms with E-state index in [4.69, 9.17) is 4.74 Å². The number of carbonyl (C=O) groups excluding carboxylic acids is 1. The Morgan fingerprint density at radius 2 is 1.56 bits per heavy atom. The summed E-state index contributed by atoms with van der Waals surface area (Å²) in [6, 6.07) is 7.77. The molecule has 1 aromatic heterocycles. The van der Waals surface area contributed by atoms with Gasteiger partial charge in [0.2, 0.25) is 0 Å². The first-order valence-electron chi connectivity index (χ1n) is 10.7. The molecular weight excluding hydrogens is 338 g/mol. The molecule has 2 rings (SSSR count). The van der Waals surface area contributed by atoms with E-state index in [0.717, 1.165) is 23.9 Å². The molecule has 0 saturated heterocycles. The number of hydrogen-bond acceptors (Lipinski definition) is 4. The first-order valence-corrected chi connectivity index (χ1v) is 10.7. The topological polar surface area (TPSA) is 57.0 Å². The van der Waals surface area contributed by atoms with Gasteiger partial charge >= 0.3 is 5.97 Å². The van der Waals surface area contributed by atoms with Crippen molar-refractivity contribution in [2.24, 2.45) is 0 Å². The zero-order chi connectivity index (χ0) is 19.2. The zero-order valence-electron chi connectivity index (χ0n) is 16.9. The van der Waals surface area contributed by atoms with E-state index in [2.05, 4.69) is 17.2 Å². The van der Waals surface area contributed by atoms with Crippen LogP contribution in [0.25, 0.3) is 11.0 Å². The number of aromatic nitrogens is 3. The van der Waals surface area contributed by atoms with Crippen LogP contribution in [0.1, 0.15) is 84.0 Å². The molecule has 1 aromatic carbocycles. The van der Waals surface area contributed by atoms with E-state index in [1.807, 2.05) is 24.3 Å². The molecule has 0 aliphatic heterocycles. The Hall–Kier alpha value is -1.91. The number of benzene rings is 1. The van der Waals surface area contributed by atoms with Crippen molar-refractivity contribution in [3.63, 3.8) is 0 Å². The fourth-order valence-electron chi connectivity index (χ4n) is 3.30. The molecule has 27 heavy (non-hydrogen) atoms. The second-order valence-corrected chi connectivity index (χ2v) is 7.31. The monoisotopic (exact) mass is 373 g/mol. The number of fused-ring (bicyclic) bond motifs is 1. The third kappa shape index (κ3) is 8.55. The van der Waals surface area contributed by atoms with Gasteiger partial charge in [0.1, 0.15) is 5.52 Å². The van der Waals surface area contributed by atoms with Gasteiger partial charge in [-0.3, -0.25) is 4.79 Å². The minimum atomic E-state index is -0.151. The summed E-state index contributed by atoms with van der Waals surface area (Å²) in [6.45, 7) is 3.31. The molecule has 2 aromatic rings. The van der Waals surface area contributed by atoms with Crippen LogP contribution in [0, 0.1) is 0 Å². The second kappa shape index (κ2) is 13.3. The van der Waals surface area contributed by atoms with Gasteiger partial charge in [0.25, 0.3) is 0 Å². The molecule has 0 spiro atoms. The summed E-state index contributed by atoms with van der Waals surface area (Å²) in [5.41, 5.74) is 1.81. The van der Waals surface area contributed by atoms with Gasteiger partial charge in [0.05, 0.1) is 25.1 Å². The summed E-state index contributed by atoms with van der Waals surface area (Å²) in [5.74, 6) is -0.151. The van der Waals surface area contributed by atoms with Crippen molar-refractivity contribution in [1.29, 1.82) is 0 Å². The molecular formula is C22H35N3O2. The van der Waals surface area contributed by atoms with Crippen LogP contribution in [-0.2, 0) is 16.1 Å². The fraction of sp³-hybridized carbons (Fsp3) is 0.682. The van der Waals surface area contributed by atoms with Gasteiger partial charge in [-0.2, -0.15) is 0 Å². The Labute approximate surface area is 163 Å². The summed E-state index contributed by atoms with van der Waals surface area (Å²) >= 11 is 0. The predicted octanol–water partition coefficient (Wildman–Crippen LogP) is 5.68. The summed E-state index contributed by atoms with van der Waals surface area (Å²) in [5, 5.41) is 8.19. The molecule has 1 heterocycles. The Kier molecular flexibility index (Phi) is 10.5. The number of hydrogen-bond donors (Lipinski definition) is 0. The molecule has 0 amide bonds. The SMILES string of the molecule is CCCCCCCCCCCCCOC(=O)CCn1nnc2ccccc21. The Balaban J connectivity index is 1.43. The third-order valence-electron chi connectivity index (χ3n) is 4.96. The summed E-state index contributed by atoms with van der Waals surface area (Å²) < 4.78 is 7.10. The first kappa shape index (κ1) is 21.4. The lowest BCUT2D eigenvalue weighted by Gasteiger charge is -2.06. The fourth-order valence-corrected chi connectivity index (χ4v) is 3.30. The van der Waals surface area contributed by atoms with Gasteiger partial charge in [0, 0.05) is 0 Å².